The van der Waals surface area contributed by atoms with Crippen LogP contribution in [0.15, 0.2) is 48.5 Å². The van der Waals surface area contributed by atoms with Gasteiger partial charge in [0.2, 0.25) is 0 Å². The summed E-state index contributed by atoms with van der Waals surface area (Å²) in [6.07, 6.45) is 0.679. The summed E-state index contributed by atoms with van der Waals surface area (Å²) in [5.74, 6) is -0.369. The normalized spacial score (nSPS) is 23.1. The van der Waals surface area contributed by atoms with E-state index < -0.39 is 4.87 Å². The van der Waals surface area contributed by atoms with Gasteiger partial charge in [0.15, 0.2) is 0 Å². The molecule has 0 fully saturated rings. The molecular formula is C18H16Cl2O2. The molecule has 2 atom stereocenters. The third-order valence-electron chi connectivity index (χ3n) is 4.05. The highest BCUT2D eigenvalue weighted by molar-refractivity contribution is 6.35. The second-order valence-corrected chi connectivity index (χ2v) is 6.43. The Kier molecular flexibility index (Phi) is 4.16. The average Bonchev–Trinajstić information content (AvgIpc) is 2.80. The van der Waals surface area contributed by atoms with E-state index in [1.54, 1.807) is 19.1 Å². The molecule has 3 rings (SSSR count). The van der Waals surface area contributed by atoms with Gasteiger partial charge in [-0.1, -0.05) is 42.5 Å². The first kappa shape index (κ1) is 15.4. The summed E-state index contributed by atoms with van der Waals surface area (Å²) in [7, 11) is 0. The van der Waals surface area contributed by atoms with E-state index in [2.05, 4.69) is 0 Å². The van der Waals surface area contributed by atoms with Crippen LogP contribution in [0.3, 0.4) is 0 Å². The average molecular weight is 335 g/mol. The van der Waals surface area contributed by atoms with Gasteiger partial charge in [-0.2, -0.15) is 0 Å². The zero-order valence-corrected chi connectivity index (χ0v) is 13.7. The van der Waals surface area contributed by atoms with Crippen LogP contribution in [0, 0.1) is 0 Å². The van der Waals surface area contributed by atoms with Crippen LogP contribution >= 0.6 is 23.2 Å². The summed E-state index contributed by atoms with van der Waals surface area (Å²) in [5.41, 5.74) is 3.27. The Morgan fingerprint density at radius 2 is 1.82 bits per heavy atom. The lowest BCUT2D eigenvalue weighted by atomic mass is 9.88. The minimum absolute atomic E-state index is 0.317. The second kappa shape index (κ2) is 5.94. The van der Waals surface area contributed by atoms with Crippen molar-refractivity contribution in [1.82, 2.24) is 0 Å². The number of hydrogen-bond acceptors (Lipinski definition) is 2. The fourth-order valence-corrected chi connectivity index (χ4v) is 3.88. The van der Waals surface area contributed by atoms with Crippen molar-refractivity contribution in [3.05, 3.63) is 70.8 Å². The number of ether oxygens (including phenoxy) is 1. The first-order valence-electron chi connectivity index (χ1n) is 7.27. The van der Waals surface area contributed by atoms with Crippen molar-refractivity contribution in [2.45, 2.75) is 23.6 Å². The Labute approximate surface area is 140 Å². The van der Waals surface area contributed by atoms with Crippen LogP contribution in [0.25, 0.3) is 0 Å². The maximum Gasteiger partial charge on any atom is 0.338 e. The fourth-order valence-electron chi connectivity index (χ4n) is 3.06. The predicted octanol–water partition coefficient (Wildman–Crippen LogP) is 4.51. The van der Waals surface area contributed by atoms with Crippen LogP contribution in [-0.2, 0) is 16.0 Å². The van der Waals surface area contributed by atoms with Crippen molar-refractivity contribution in [1.29, 1.82) is 0 Å². The van der Waals surface area contributed by atoms with Gasteiger partial charge in [0, 0.05) is 0 Å². The van der Waals surface area contributed by atoms with Crippen LogP contribution < -0.4 is 0 Å². The zero-order chi connectivity index (χ0) is 15.7. The predicted molar refractivity (Wildman–Crippen MR) is 88.8 cm³/mol. The van der Waals surface area contributed by atoms with Crippen molar-refractivity contribution in [2.75, 3.05) is 6.61 Å². The lowest BCUT2D eigenvalue weighted by molar-refractivity contribution is 0.0524. The number of fused-ring (bicyclic) bond motifs is 1. The van der Waals surface area contributed by atoms with E-state index in [1.165, 1.54) is 0 Å². The van der Waals surface area contributed by atoms with Crippen molar-refractivity contribution in [3.63, 3.8) is 0 Å². The maximum atomic E-state index is 12.3. The number of halogens is 2. The molecule has 0 spiro atoms. The maximum absolute atomic E-state index is 12.3. The van der Waals surface area contributed by atoms with Crippen LogP contribution in [0.2, 0.25) is 0 Å². The molecule has 0 aromatic heterocycles. The summed E-state index contributed by atoms with van der Waals surface area (Å²) < 4.78 is 5.16. The number of hydrogen-bond donors (Lipinski definition) is 0. The van der Waals surface area contributed by atoms with Gasteiger partial charge in [0.1, 0.15) is 4.87 Å². The van der Waals surface area contributed by atoms with Gasteiger partial charge in [-0.05, 0) is 36.1 Å². The van der Waals surface area contributed by atoms with Gasteiger partial charge in [-0.3, -0.25) is 0 Å². The Bertz CT molecular complexity index is 714. The molecule has 2 nitrogen and oxygen atoms in total. The summed E-state index contributed by atoms with van der Waals surface area (Å²) in [5, 5.41) is -0.317. The topological polar surface area (TPSA) is 26.3 Å². The Hall–Kier alpha value is -1.51. The molecule has 0 saturated heterocycles. The van der Waals surface area contributed by atoms with Crippen LogP contribution in [0.4, 0.5) is 0 Å². The van der Waals surface area contributed by atoms with Gasteiger partial charge in [0.05, 0.1) is 17.5 Å². The van der Waals surface area contributed by atoms with E-state index in [-0.39, 0.29) is 11.3 Å². The quantitative estimate of drug-likeness (QED) is 0.609. The second-order valence-electron chi connectivity index (χ2n) is 5.31. The van der Waals surface area contributed by atoms with Gasteiger partial charge < -0.3 is 4.74 Å². The summed E-state index contributed by atoms with van der Waals surface area (Å²) in [6.45, 7) is 2.11. The van der Waals surface area contributed by atoms with E-state index >= 15 is 0 Å². The minimum atomic E-state index is -0.915. The summed E-state index contributed by atoms with van der Waals surface area (Å²) >= 11 is 13.6. The number of esters is 1. The molecule has 0 radical (unpaired) electrons. The number of carbonyl (C=O) groups excluding carboxylic acids is 1. The molecule has 1 aliphatic rings. The monoisotopic (exact) mass is 334 g/mol. The highest BCUT2D eigenvalue weighted by atomic mass is 35.5. The molecule has 2 aromatic rings. The number of benzene rings is 2. The number of carbonyl (C=O) groups is 1. The Balaban J connectivity index is 2.17. The first-order valence-corrected chi connectivity index (χ1v) is 8.08. The van der Waals surface area contributed by atoms with Gasteiger partial charge in [-0.25, -0.2) is 4.79 Å². The molecule has 0 saturated carbocycles. The smallest absolute Gasteiger partial charge is 0.338 e. The van der Waals surface area contributed by atoms with Crippen LogP contribution in [-0.4, -0.2) is 18.0 Å². The molecule has 22 heavy (non-hydrogen) atoms. The Morgan fingerprint density at radius 1 is 1.18 bits per heavy atom. The Morgan fingerprint density at radius 3 is 2.55 bits per heavy atom. The zero-order valence-electron chi connectivity index (χ0n) is 12.2. The van der Waals surface area contributed by atoms with Gasteiger partial charge in [0.25, 0.3) is 0 Å². The standard InChI is InChI=1S/C18H16Cl2O2/c1-2-22-17(21)13-8-4-6-10-15(13)18(20)14-9-5-3-7-12(14)11-16(18)19/h3-10,16H,2,11H2,1H3. The molecule has 0 amide bonds. The molecule has 114 valence electrons. The highest BCUT2D eigenvalue weighted by Gasteiger charge is 2.47. The lowest BCUT2D eigenvalue weighted by Crippen LogP contribution is -2.30. The van der Waals surface area contributed by atoms with Gasteiger partial charge >= 0.3 is 5.97 Å². The largest absolute Gasteiger partial charge is 0.462 e. The number of alkyl halides is 2. The first-order chi connectivity index (χ1) is 10.6. The highest BCUT2D eigenvalue weighted by Crippen LogP contribution is 2.50. The van der Waals surface area contributed by atoms with Crippen molar-refractivity contribution in [2.24, 2.45) is 0 Å². The van der Waals surface area contributed by atoms with Crippen LogP contribution in [0.5, 0.6) is 0 Å². The van der Waals surface area contributed by atoms with Crippen LogP contribution in [0.1, 0.15) is 34.0 Å². The molecule has 2 aromatic carbocycles. The van der Waals surface area contributed by atoms with E-state index in [1.807, 2.05) is 36.4 Å². The molecule has 2 unspecified atom stereocenters. The minimum Gasteiger partial charge on any atom is -0.462 e. The van der Waals surface area contributed by atoms with Gasteiger partial charge in [-0.15, -0.1) is 23.2 Å². The summed E-state index contributed by atoms with van der Waals surface area (Å²) in [6, 6.07) is 15.2. The SMILES string of the molecule is CCOC(=O)c1ccccc1C1(Cl)c2ccccc2CC1Cl. The van der Waals surface area contributed by atoms with E-state index in [9.17, 15) is 4.79 Å². The van der Waals surface area contributed by atoms with Crippen molar-refractivity contribution in [3.8, 4) is 0 Å². The van der Waals surface area contributed by atoms with Crippen molar-refractivity contribution >= 4 is 29.2 Å². The third-order valence-corrected chi connectivity index (χ3v) is 5.32. The van der Waals surface area contributed by atoms with Crippen molar-refractivity contribution < 1.29 is 9.53 Å². The fraction of sp³-hybridized carbons (Fsp3) is 0.278. The molecule has 1 aliphatic carbocycles. The lowest BCUT2D eigenvalue weighted by Gasteiger charge is -2.29. The molecular weight excluding hydrogens is 319 g/mol. The summed E-state index contributed by atoms with van der Waals surface area (Å²) in [4.78, 5) is 11.3. The van der Waals surface area contributed by atoms with E-state index in [0.29, 0.717) is 24.2 Å². The molecule has 4 heteroatoms. The van der Waals surface area contributed by atoms with E-state index in [0.717, 1.165) is 11.1 Å². The molecule has 0 N–H and O–H groups in total. The molecule has 0 aliphatic heterocycles. The van der Waals surface area contributed by atoms with E-state index in [4.69, 9.17) is 27.9 Å². The third kappa shape index (κ3) is 2.31. The molecule has 0 bridgehead atoms. The molecule has 0 heterocycles. The number of rotatable bonds is 3.